The first kappa shape index (κ1) is 14.4. The molecular weight excluding hydrogens is 220 g/mol. The highest BCUT2D eigenvalue weighted by Gasteiger charge is 2.29. The highest BCUT2D eigenvalue weighted by Crippen LogP contribution is 2.15. The Morgan fingerprint density at radius 3 is 2.59 bits per heavy atom. The van der Waals surface area contributed by atoms with E-state index in [0.29, 0.717) is 5.92 Å². The third-order valence-electron chi connectivity index (χ3n) is 3.29. The van der Waals surface area contributed by atoms with E-state index in [9.17, 15) is 4.79 Å². The van der Waals surface area contributed by atoms with Gasteiger partial charge in [0.15, 0.2) is 6.29 Å². The summed E-state index contributed by atoms with van der Waals surface area (Å²) < 4.78 is 10.2. The Bertz CT molecular complexity index is 244. The van der Waals surface area contributed by atoms with Crippen molar-refractivity contribution in [1.29, 1.82) is 0 Å². The molecule has 1 aliphatic heterocycles. The molecule has 0 aromatic carbocycles. The number of piperidine rings is 1. The van der Waals surface area contributed by atoms with Crippen molar-refractivity contribution in [2.24, 2.45) is 5.92 Å². The molecule has 1 rings (SSSR count). The predicted octanol–water partition coefficient (Wildman–Crippen LogP) is 0.498. The lowest BCUT2D eigenvalue weighted by molar-refractivity contribution is -0.138. The molecule has 3 atom stereocenters. The van der Waals surface area contributed by atoms with Crippen molar-refractivity contribution in [1.82, 2.24) is 10.6 Å². The number of methoxy groups -OCH3 is 2. The van der Waals surface area contributed by atoms with E-state index in [0.717, 1.165) is 19.4 Å². The topological polar surface area (TPSA) is 59.6 Å². The standard InChI is InChI=1S/C12H24N2O3/c1-8-6-5-7-13-10(8)11(15)14-9(2)12(16-3)17-4/h8-10,12-13H,5-7H2,1-4H3,(H,14,15). The van der Waals surface area contributed by atoms with Gasteiger partial charge in [0.25, 0.3) is 0 Å². The Hall–Kier alpha value is -0.650. The van der Waals surface area contributed by atoms with Crippen molar-refractivity contribution in [2.45, 2.75) is 45.1 Å². The second-order valence-electron chi connectivity index (χ2n) is 4.69. The summed E-state index contributed by atoms with van der Waals surface area (Å²) in [6.45, 7) is 4.89. The van der Waals surface area contributed by atoms with Crippen molar-refractivity contribution in [2.75, 3.05) is 20.8 Å². The van der Waals surface area contributed by atoms with E-state index < -0.39 is 6.29 Å². The molecule has 0 saturated carbocycles. The van der Waals surface area contributed by atoms with Gasteiger partial charge in [-0.05, 0) is 32.2 Å². The molecule has 1 aliphatic rings. The van der Waals surface area contributed by atoms with Crippen molar-refractivity contribution >= 4 is 5.91 Å². The maximum absolute atomic E-state index is 12.1. The van der Waals surface area contributed by atoms with Gasteiger partial charge in [-0.25, -0.2) is 0 Å². The van der Waals surface area contributed by atoms with Gasteiger partial charge in [0.1, 0.15) is 0 Å². The molecule has 5 heteroatoms. The highest BCUT2D eigenvalue weighted by molar-refractivity contribution is 5.82. The van der Waals surface area contributed by atoms with Gasteiger partial charge in [-0.1, -0.05) is 6.92 Å². The number of rotatable bonds is 5. The van der Waals surface area contributed by atoms with Crippen LogP contribution in [-0.2, 0) is 14.3 Å². The van der Waals surface area contributed by atoms with Crippen molar-refractivity contribution in [3.8, 4) is 0 Å². The molecule has 0 aliphatic carbocycles. The molecule has 100 valence electrons. The van der Waals surface area contributed by atoms with E-state index in [2.05, 4.69) is 17.6 Å². The first-order valence-corrected chi connectivity index (χ1v) is 6.19. The Kier molecular flexibility index (Phi) is 5.88. The van der Waals surface area contributed by atoms with E-state index in [-0.39, 0.29) is 18.0 Å². The summed E-state index contributed by atoms with van der Waals surface area (Å²) in [4.78, 5) is 12.1. The predicted molar refractivity (Wildman–Crippen MR) is 65.6 cm³/mol. The zero-order valence-electron chi connectivity index (χ0n) is 11.2. The normalized spacial score (nSPS) is 26.9. The fourth-order valence-corrected chi connectivity index (χ4v) is 2.29. The molecule has 3 unspecified atom stereocenters. The van der Waals surface area contributed by atoms with Crippen LogP contribution in [0.5, 0.6) is 0 Å². The molecular formula is C12H24N2O3. The lowest BCUT2D eigenvalue weighted by Gasteiger charge is -2.31. The minimum atomic E-state index is -0.405. The Balaban J connectivity index is 2.47. The first-order valence-electron chi connectivity index (χ1n) is 6.19. The number of amides is 1. The number of nitrogens with one attached hydrogen (secondary N) is 2. The molecule has 1 heterocycles. The number of carbonyl (C=O) groups excluding carboxylic acids is 1. The summed E-state index contributed by atoms with van der Waals surface area (Å²) in [6, 6.07) is -0.256. The van der Waals surface area contributed by atoms with Crippen LogP contribution in [0.2, 0.25) is 0 Å². The van der Waals surface area contributed by atoms with Crippen LogP contribution in [0, 0.1) is 5.92 Å². The van der Waals surface area contributed by atoms with Gasteiger partial charge in [-0.2, -0.15) is 0 Å². The minimum Gasteiger partial charge on any atom is -0.354 e. The Morgan fingerprint density at radius 1 is 1.41 bits per heavy atom. The Labute approximate surface area is 103 Å². The minimum absolute atomic E-state index is 0.0313. The molecule has 0 spiro atoms. The molecule has 0 radical (unpaired) electrons. The van der Waals surface area contributed by atoms with Crippen LogP contribution in [-0.4, -0.2) is 45.0 Å². The smallest absolute Gasteiger partial charge is 0.237 e. The summed E-state index contributed by atoms with van der Waals surface area (Å²) in [6.07, 6.45) is 1.83. The maximum Gasteiger partial charge on any atom is 0.237 e. The van der Waals surface area contributed by atoms with Gasteiger partial charge in [0, 0.05) is 14.2 Å². The Morgan fingerprint density at radius 2 is 2.06 bits per heavy atom. The van der Waals surface area contributed by atoms with Crippen LogP contribution in [0.25, 0.3) is 0 Å². The average molecular weight is 244 g/mol. The largest absolute Gasteiger partial charge is 0.354 e. The molecule has 5 nitrogen and oxygen atoms in total. The van der Waals surface area contributed by atoms with Crippen LogP contribution in [0.1, 0.15) is 26.7 Å². The van der Waals surface area contributed by atoms with Gasteiger partial charge < -0.3 is 20.1 Å². The third-order valence-corrected chi connectivity index (χ3v) is 3.29. The lowest BCUT2D eigenvalue weighted by Crippen LogP contribution is -2.54. The maximum atomic E-state index is 12.1. The molecule has 1 fully saturated rings. The van der Waals surface area contributed by atoms with Gasteiger partial charge in [0.05, 0.1) is 12.1 Å². The summed E-state index contributed by atoms with van der Waals surface area (Å²) in [5.74, 6) is 0.406. The second kappa shape index (κ2) is 6.93. The van der Waals surface area contributed by atoms with E-state index >= 15 is 0 Å². The van der Waals surface area contributed by atoms with Crippen LogP contribution in [0.3, 0.4) is 0 Å². The van der Waals surface area contributed by atoms with Crippen molar-refractivity contribution in [3.05, 3.63) is 0 Å². The number of carbonyl (C=O) groups is 1. The molecule has 2 N–H and O–H groups in total. The van der Waals surface area contributed by atoms with E-state index in [1.54, 1.807) is 14.2 Å². The third kappa shape index (κ3) is 3.94. The summed E-state index contributed by atoms with van der Waals surface area (Å²) >= 11 is 0. The molecule has 0 aromatic rings. The first-order chi connectivity index (χ1) is 8.10. The molecule has 0 bridgehead atoms. The van der Waals surface area contributed by atoms with Gasteiger partial charge in [-0.3, -0.25) is 4.79 Å². The van der Waals surface area contributed by atoms with Crippen LogP contribution < -0.4 is 10.6 Å². The van der Waals surface area contributed by atoms with Crippen LogP contribution >= 0.6 is 0 Å². The van der Waals surface area contributed by atoms with Crippen LogP contribution in [0.15, 0.2) is 0 Å². The lowest BCUT2D eigenvalue weighted by atomic mass is 9.92. The van der Waals surface area contributed by atoms with E-state index in [1.165, 1.54) is 0 Å². The molecule has 1 amide bonds. The summed E-state index contributed by atoms with van der Waals surface area (Å²) in [5.41, 5.74) is 0. The fraction of sp³-hybridized carbons (Fsp3) is 0.917. The van der Waals surface area contributed by atoms with Gasteiger partial charge in [0.2, 0.25) is 5.91 Å². The van der Waals surface area contributed by atoms with Gasteiger partial charge in [-0.15, -0.1) is 0 Å². The van der Waals surface area contributed by atoms with E-state index in [4.69, 9.17) is 9.47 Å². The summed E-state index contributed by atoms with van der Waals surface area (Å²) in [7, 11) is 3.14. The van der Waals surface area contributed by atoms with Gasteiger partial charge >= 0.3 is 0 Å². The second-order valence-corrected chi connectivity index (χ2v) is 4.69. The molecule has 17 heavy (non-hydrogen) atoms. The number of ether oxygens (including phenoxy) is 2. The number of hydrogen-bond donors (Lipinski definition) is 2. The van der Waals surface area contributed by atoms with Crippen molar-refractivity contribution in [3.63, 3.8) is 0 Å². The zero-order chi connectivity index (χ0) is 12.8. The van der Waals surface area contributed by atoms with Crippen LogP contribution in [0.4, 0.5) is 0 Å². The zero-order valence-corrected chi connectivity index (χ0v) is 11.2. The quantitative estimate of drug-likeness (QED) is 0.691. The van der Waals surface area contributed by atoms with E-state index in [1.807, 2.05) is 6.92 Å². The highest BCUT2D eigenvalue weighted by atomic mass is 16.7. The number of hydrogen-bond acceptors (Lipinski definition) is 4. The summed E-state index contributed by atoms with van der Waals surface area (Å²) in [5, 5.41) is 6.19. The molecule has 1 saturated heterocycles. The fourth-order valence-electron chi connectivity index (χ4n) is 2.29. The average Bonchev–Trinajstić information content (AvgIpc) is 2.31. The SMILES string of the molecule is COC(OC)C(C)NC(=O)C1NCCCC1C. The molecule has 0 aromatic heterocycles. The van der Waals surface area contributed by atoms with Crippen molar-refractivity contribution < 1.29 is 14.3 Å². The monoisotopic (exact) mass is 244 g/mol.